The van der Waals surface area contributed by atoms with E-state index in [-0.39, 0.29) is 0 Å². The van der Waals surface area contributed by atoms with E-state index in [0.717, 1.165) is 0 Å². The molecule has 0 aliphatic carbocycles. The molecule has 0 aromatic carbocycles. The van der Waals surface area contributed by atoms with Gasteiger partial charge < -0.3 is 5.32 Å². The first-order valence-corrected chi connectivity index (χ1v) is 7.79. The average molecular weight is 318 g/mol. The highest BCUT2D eigenvalue weighted by atomic mass is 79.9. The highest BCUT2D eigenvalue weighted by Crippen LogP contribution is 2.37. The van der Waals surface area contributed by atoms with E-state index in [1.54, 1.807) is 0 Å². The average Bonchev–Trinajstić information content (AvgIpc) is 2.53. The van der Waals surface area contributed by atoms with Gasteiger partial charge in [0.2, 0.25) is 0 Å². The Balaban J connectivity index is 2.79. The van der Waals surface area contributed by atoms with Gasteiger partial charge in [0.25, 0.3) is 0 Å². The van der Waals surface area contributed by atoms with Crippen molar-refractivity contribution in [3.8, 4) is 0 Å². The summed E-state index contributed by atoms with van der Waals surface area (Å²) in [6, 6.07) is 2.73. The van der Waals surface area contributed by atoms with Gasteiger partial charge in [-0.15, -0.1) is 11.3 Å². The highest BCUT2D eigenvalue weighted by molar-refractivity contribution is 9.10. The number of rotatable bonds is 4. The molecule has 0 bridgehead atoms. The maximum atomic E-state index is 3.60. The van der Waals surface area contributed by atoms with Gasteiger partial charge in [-0.3, -0.25) is 0 Å². The summed E-state index contributed by atoms with van der Waals surface area (Å²) in [6.45, 7) is 11.5. The summed E-state index contributed by atoms with van der Waals surface area (Å²) in [5.41, 5.74) is 0.374. The van der Waals surface area contributed by atoms with Crippen molar-refractivity contribution in [2.75, 3.05) is 7.05 Å². The van der Waals surface area contributed by atoms with Crippen LogP contribution in [-0.4, -0.2) is 7.05 Å². The second-order valence-electron chi connectivity index (χ2n) is 5.90. The molecule has 0 amide bonds. The summed E-state index contributed by atoms with van der Waals surface area (Å²) >= 11 is 5.49. The van der Waals surface area contributed by atoms with Crippen LogP contribution in [0.5, 0.6) is 0 Å². The summed E-state index contributed by atoms with van der Waals surface area (Å²) in [7, 11) is 2.06. The molecule has 0 aliphatic heterocycles. The van der Waals surface area contributed by atoms with Crippen LogP contribution in [0.1, 0.15) is 49.9 Å². The Labute approximate surface area is 118 Å². The Bertz CT molecular complexity index is 345. The fraction of sp³-hybridized carbons (Fsp3) is 0.714. The van der Waals surface area contributed by atoms with Crippen LogP contribution in [0.3, 0.4) is 0 Å². The number of halogens is 1. The lowest BCUT2D eigenvalue weighted by molar-refractivity contribution is 0.227. The van der Waals surface area contributed by atoms with Crippen LogP contribution in [0, 0.1) is 18.3 Å². The molecule has 1 aromatic heterocycles. The van der Waals surface area contributed by atoms with Crippen LogP contribution in [0.2, 0.25) is 0 Å². The second-order valence-corrected chi connectivity index (χ2v) is 8.04. The summed E-state index contributed by atoms with van der Waals surface area (Å²) in [5.74, 6) is 0.695. The van der Waals surface area contributed by atoms with Gasteiger partial charge in [0, 0.05) is 20.3 Å². The normalized spacial score (nSPS) is 15.9. The minimum atomic E-state index is 0.374. The van der Waals surface area contributed by atoms with Gasteiger partial charge in [-0.2, -0.15) is 0 Å². The number of thiophene rings is 1. The molecule has 0 aliphatic rings. The maximum Gasteiger partial charge on any atom is 0.0415 e. The lowest BCUT2D eigenvalue weighted by Gasteiger charge is -2.30. The molecule has 2 atom stereocenters. The third kappa shape index (κ3) is 4.08. The first-order valence-electron chi connectivity index (χ1n) is 6.18. The van der Waals surface area contributed by atoms with E-state index in [4.69, 9.17) is 0 Å². The first kappa shape index (κ1) is 15.2. The number of hydrogen-bond donors (Lipinski definition) is 1. The molecule has 1 N–H and O–H groups in total. The van der Waals surface area contributed by atoms with Crippen LogP contribution in [0.4, 0.5) is 0 Å². The van der Waals surface area contributed by atoms with E-state index in [9.17, 15) is 0 Å². The van der Waals surface area contributed by atoms with Crippen LogP contribution in [0.25, 0.3) is 0 Å². The van der Waals surface area contributed by atoms with Crippen molar-refractivity contribution in [3.05, 3.63) is 20.3 Å². The van der Waals surface area contributed by atoms with E-state index in [0.29, 0.717) is 17.4 Å². The molecule has 0 saturated carbocycles. The minimum absolute atomic E-state index is 0.374. The van der Waals surface area contributed by atoms with Crippen LogP contribution < -0.4 is 5.32 Å². The van der Waals surface area contributed by atoms with Gasteiger partial charge in [-0.1, -0.05) is 27.7 Å². The number of aryl methyl sites for hydroxylation is 1. The van der Waals surface area contributed by atoms with Gasteiger partial charge in [-0.05, 0) is 53.7 Å². The lowest BCUT2D eigenvalue weighted by Crippen LogP contribution is -2.24. The molecule has 0 radical (unpaired) electrons. The molecule has 1 nitrogen and oxygen atoms in total. The van der Waals surface area contributed by atoms with E-state index in [2.05, 4.69) is 69.0 Å². The second kappa shape index (κ2) is 5.85. The van der Waals surface area contributed by atoms with E-state index >= 15 is 0 Å². The van der Waals surface area contributed by atoms with Crippen LogP contribution in [-0.2, 0) is 0 Å². The zero-order valence-corrected chi connectivity index (χ0v) is 14.1. The van der Waals surface area contributed by atoms with E-state index in [1.165, 1.54) is 20.6 Å². The largest absolute Gasteiger partial charge is 0.312 e. The van der Waals surface area contributed by atoms with Crippen molar-refractivity contribution >= 4 is 27.3 Å². The van der Waals surface area contributed by atoms with Crippen molar-refractivity contribution in [1.82, 2.24) is 5.32 Å². The number of hydrogen-bond acceptors (Lipinski definition) is 2. The quantitative estimate of drug-likeness (QED) is 0.809. The molecule has 1 rings (SSSR count). The molecular weight excluding hydrogens is 294 g/mol. The predicted octanol–water partition coefficient (Wildman–Crippen LogP) is 5.15. The predicted molar refractivity (Wildman–Crippen MR) is 81.8 cm³/mol. The van der Waals surface area contributed by atoms with Crippen molar-refractivity contribution in [1.29, 1.82) is 0 Å². The van der Waals surface area contributed by atoms with Gasteiger partial charge in [0.05, 0.1) is 0 Å². The Morgan fingerprint density at radius 2 is 2.00 bits per heavy atom. The Hall–Kier alpha value is 0.140. The lowest BCUT2D eigenvalue weighted by atomic mass is 9.78. The zero-order chi connectivity index (χ0) is 13.2. The molecule has 98 valence electrons. The van der Waals surface area contributed by atoms with Crippen molar-refractivity contribution in [3.63, 3.8) is 0 Å². The van der Waals surface area contributed by atoms with E-state index < -0.39 is 0 Å². The summed E-state index contributed by atoms with van der Waals surface area (Å²) in [6.07, 6.45) is 1.19. The van der Waals surface area contributed by atoms with Gasteiger partial charge >= 0.3 is 0 Å². The van der Waals surface area contributed by atoms with Crippen molar-refractivity contribution in [2.24, 2.45) is 11.3 Å². The van der Waals surface area contributed by atoms with Crippen molar-refractivity contribution in [2.45, 2.75) is 47.1 Å². The Morgan fingerprint density at radius 1 is 1.41 bits per heavy atom. The fourth-order valence-corrected chi connectivity index (χ4v) is 3.42. The summed E-state index contributed by atoms with van der Waals surface area (Å²) in [5, 5.41) is 3.45. The molecule has 3 heteroatoms. The number of nitrogens with one attached hydrogen (secondary N) is 1. The van der Waals surface area contributed by atoms with Gasteiger partial charge in [-0.25, -0.2) is 0 Å². The molecule has 0 fully saturated rings. The summed E-state index contributed by atoms with van der Waals surface area (Å²) < 4.78 is 1.24. The molecule has 17 heavy (non-hydrogen) atoms. The molecule has 0 spiro atoms. The molecule has 2 unspecified atom stereocenters. The van der Waals surface area contributed by atoms with Crippen LogP contribution in [0.15, 0.2) is 10.5 Å². The SMILES string of the molecule is CNC(CC(C)C(C)(C)C)c1cc(Br)c(C)s1. The molecule has 1 aromatic rings. The van der Waals surface area contributed by atoms with Gasteiger partial charge in [0.1, 0.15) is 0 Å². The third-order valence-corrected chi connectivity index (χ3v) is 5.89. The minimum Gasteiger partial charge on any atom is -0.312 e. The van der Waals surface area contributed by atoms with Gasteiger partial charge in [0.15, 0.2) is 0 Å². The monoisotopic (exact) mass is 317 g/mol. The first-order chi connectivity index (χ1) is 7.75. The zero-order valence-electron chi connectivity index (χ0n) is 11.7. The summed E-state index contributed by atoms with van der Waals surface area (Å²) in [4.78, 5) is 2.80. The smallest absolute Gasteiger partial charge is 0.0415 e. The maximum absolute atomic E-state index is 3.60. The molecule has 0 saturated heterocycles. The fourth-order valence-electron chi connectivity index (χ4n) is 1.74. The van der Waals surface area contributed by atoms with E-state index in [1.807, 2.05) is 11.3 Å². The standard InChI is InChI=1S/C14H24BrNS/c1-9(14(3,4)5)7-12(16-6)13-8-11(15)10(2)17-13/h8-9,12,16H,7H2,1-6H3. The van der Waals surface area contributed by atoms with Crippen molar-refractivity contribution < 1.29 is 0 Å². The molecule has 1 heterocycles. The molecular formula is C14H24BrNS. The Morgan fingerprint density at radius 3 is 2.35 bits per heavy atom. The Kier molecular flexibility index (Phi) is 5.23. The topological polar surface area (TPSA) is 12.0 Å². The highest BCUT2D eigenvalue weighted by Gasteiger charge is 2.24. The van der Waals surface area contributed by atoms with Crippen LogP contribution >= 0.6 is 27.3 Å². The third-order valence-electron chi connectivity index (χ3n) is 3.64.